The first-order valence-corrected chi connectivity index (χ1v) is 5.86. The zero-order chi connectivity index (χ0) is 11.7. The van der Waals surface area contributed by atoms with Gasteiger partial charge in [0.2, 0.25) is 5.91 Å². The Balaban J connectivity index is 2.01. The molecule has 1 unspecified atom stereocenters. The minimum atomic E-state index is -0.897. The van der Waals surface area contributed by atoms with Gasteiger partial charge in [-0.25, -0.2) is 4.98 Å². The van der Waals surface area contributed by atoms with Crippen LogP contribution in [0.1, 0.15) is 17.1 Å². The topological polar surface area (TPSA) is 70.5 Å². The molecule has 6 heteroatoms. The number of carbonyl (C=O) groups excluding carboxylic acids is 1. The zero-order valence-corrected chi connectivity index (χ0v) is 9.66. The van der Waals surface area contributed by atoms with Gasteiger partial charge < -0.3 is 10.0 Å². The number of likely N-dealkylation sites (tertiary alicyclic amines) is 1. The van der Waals surface area contributed by atoms with Crippen molar-refractivity contribution in [3.8, 4) is 0 Å². The molecule has 0 aliphatic carbocycles. The Morgan fingerprint density at radius 3 is 3.00 bits per heavy atom. The monoisotopic (exact) mass is 240 g/mol. The lowest BCUT2D eigenvalue weighted by Gasteiger charge is -2.13. The smallest absolute Gasteiger partial charge is 0.308 e. The Morgan fingerprint density at radius 1 is 1.75 bits per heavy atom. The minimum absolute atomic E-state index is 0.0970. The molecule has 1 fully saturated rings. The lowest BCUT2D eigenvalue weighted by Crippen LogP contribution is -2.25. The summed E-state index contributed by atoms with van der Waals surface area (Å²) in [4.78, 5) is 28.1. The minimum Gasteiger partial charge on any atom is -0.481 e. The van der Waals surface area contributed by atoms with Crippen LogP contribution in [0.25, 0.3) is 0 Å². The molecule has 1 aliphatic rings. The van der Waals surface area contributed by atoms with Crippen LogP contribution in [0.4, 0.5) is 0 Å². The van der Waals surface area contributed by atoms with Crippen LogP contribution >= 0.6 is 11.3 Å². The fraction of sp³-hybridized carbons (Fsp3) is 0.500. The van der Waals surface area contributed by atoms with Crippen molar-refractivity contribution in [1.82, 2.24) is 9.88 Å². The lowest BCUT2D eigenvalue weighted by molar-refractivity contribution is -0.141. The first-order chi connectivity index (χ1) is 7.56. The van der Waals surface area contributed by atoms with Gasteiger partial charge >= 0.3 is 5.97 Å². The molecule has 16 heavy (non-hydrogen) atoms. The Hall–Kier alpha value is -1.43. The highest BCUT2D eigenvalue weighted by Gasteiger charge is 2.34. The van der Waals surface area contributed by atoms with Crippen molar-refractivity contribution in [3.05, 3.63) is 16.1 Å². The van der Waals surface area contributed by atoms with Gasteiger partial charge in [0.1, 0.15) is 5.01 Å². The molecule has 1 aromatic heterocycles. The molecule has 86 valence electrons. The molecular weight excluding hydrogens is 228 g/mol. The molecule has 0 radical (unpaired) electrons. The van der Waals surface area contributed by atoms with E-state index in [1.165, 1.54) is 11.3 Å². The van der Waals surface area contributed by atoms with Crippen molar-refractivity contribution >= 4 is 23.2 Å². The Bertz CT molecular complexity index is 429. The number of carbonyl (C=O) groups is 2. The van der Waals surface area contributed by atoms with E-state index < -0.39 is 11.9 Å². The number of carboxylic acid groups (broad SMARTS) is 1. The second-order valence-electron chi connectivity index (χ2n) is 3.90. The number of rotatable bonds is 3. The maximum absolute atomic E-state index is 11.5. The van der Waals surface area contributed by atoms with Crippen LogP contribution in [0, 0.1) is 12.8 Å². The molecule has 1 saturated heterocycles. The second kappa shape index (κ2) is 4.21. The quantitative estimate of drug-likeness (QED) is 0.851. The average Bonchev–Trinajstić information content (AvgIpc) is 2.75. The van der Waals surface area contributed by atoms with Gasteiger partial charge in [-0.1, -0.05) is 0 Å². The van der Waals surface area contributed by atoms with E-state index in [0.29, 0.717) is 13.1 Å². The highest BCUT2D eigenvalue weighted by atomic mass is 32.1. The summed E-state index contributed by atoms with van der Waals surface area (Å²) in [5.41, 5.74) is 0.932. The predicted molar refractivity (Wildman–Crippen MR) is 58.0 cm³/mol. The van der Waals surface area contributed by atoms with E-state index in [2.05, 4.69) is 4.98 Å². The van der Waals surface area contributed by atoms with Crippen molar-refractivity contribution in [2.24, 2.45) is 5.92 Å². The van der Waals surface area contributed by atoms with Crippen molar-refractivity contribution in [2.45, 2.75) is 19.9 Å². The Kier molecular flexibility index (Phi) is 2.91. The van der Waals surface area contributed by atoms with E-state index in [-0.39, 0.29) is 12.3 Å². The van der Waals surface area contributed by atoms with Gasteiger partial charge in [0.15, 0.2) is 0 Å². The third-order valence-electron chi connectivity index (χ3n) is 2.56. The van der Waals surface area contributed by atoms with Gasteiger partial charge in [-0.05, 0) is 6.92 Å². The van der Waals surface area contributed by atoms with Crippen molar-refractivity contribution in [2.75, 3.05) is 6.54 Å². The summed E-state index contributed by atoms with van der Waals surface area (Å²) < 4.78 is 0. The lowest BCUT2D eigenvalue weighted by atomic mass is 10.1. The summed E-state index contributed by atoms with van der Waals surface area (Å²) >= 11 is 1.50. The Morgan fingerprint density at radius 2 is 2.50 bits per heavy atom. The molecule has 1 aliphatic heterocycles. The molecule has 1 aromatic rings. The zero-order valence-electron chi connectivity index (χ0n) is 8.84. The van der Waals surface area contributed by atoms with Gasteiger partial charge in [-0.2, -0.15) is 0 Å². The molecule has 0 bridgehead atoms. The van der Waals surface area contributed by atoms with Crippen LogP contribution in [0.2, 0.25) is 0 Å². The van der Waals surface area contributed by atoms with Gasteiger partial charge in [0, 0.05) is 24.0 Å². The largest absolute Gasteiger partial charge is 0.481 e. The number of amides is 1. The molecule has 2 rings (SSSR count). The first-order valence-electron chi connectivity index (χ1n) is 4.98. The molecule has 0 spiro atoms. The fourth-order valence-corrected chi connectivity index (χ4v) is 2.52. The molecular formula is C10H12N2O3S. The third kappa shape index (κ3) is 2.21. The summed E-state index contributed by atoms with van der Waals surface area (Å²) in [6.07, 6.45) is 0.111. The summed E-state index contributed by atoms with van der Waals surface area (Å²) in [5.74, 6) is -1.56. The Labute approximate surface area is 96.7 Å². The second-order valence-corrected chi connectivity index (χ2v) is 4.84. The van der Waals surface area contributed by atoms with Crippen molar-refractivity contribution in [3.63, 3.8) is 0 Å². The van der Waals surface area contributed by atoms with E-state index in [9.17, 15) is 9.59 Å². The molecule has 5 nitrogen and oxygen atoms in total. The SMILES string of the molecule is Cc1csc(CN2CC(C(=O)O)CC2=O)n1. The standard InChI is InChI=1S/C10H12N2O3S/c1-6-5-16-8(11-6)4-12-3-7(10(14)15)2-9(12)13/h5,7H,2-4H2,1H3,(H,14,15). The summed E-state index contributed by atoms with van der Waals surface area (Å²) in [7, 11) is 0. The maximum atomic E-state index is 11.5. The maximum Gasteiger partial charge on any atom is 0.308 e. The highest BCUT2D eigenvalue weighted by molar-refractivity contribution is 7.09. The van der Waals surface area contributed by atoms with Crippen LogP contribution in [0.3, 0.4) is 0 Å². The van der Waals surface area contributed by atoms with Crippen LogP contribution in [-0.4, -0.2) is 33.4 Å². The van der Waals surface area contributed by atoms with Gasteiger partial charge in [0.05, 0.1) is 12.5 Å². The first kappa shape index (κ1) is 11.1. The number of aliphatic carboxylic acids is 1. The number of hydrogen-bond acceptors (Lipinski definition) is 4. The number of hydrogen-bond donors (Lipinski definition) is 1. The number of aryl methyl sites for hydroxylation is 1. The number of carboxylic acids is 1. The summed E-state index contributed by atoms with van der Waals surface area (Å²) in [5, 5.41) is 11.6. The van der Waals surface area contributed by atoms with Gasteiger partial charge in [-0.3, -0.25) is 9.59 Å². The van der Waals surface area contributed by atoms with Gasteiger partial charge in [0.25, 0.3) is 0 Å². The van der Waals surface area contributed by atoms with Crippen molar-refractivity contribution < 1.29 is 14.7 Å². The number of thiazole rings is 1. The van der Waals surface area contributed by atoms with E-state index in [4.69, 9.17) is 5.11 Å². The third-order valence-corrected chi connectivity index (χ3v) is 3.51. The van der Waals surface area contributed by atoms with E-state index in [0.717, 1.165) is 10.7 Å². The van der Waals surface area contributed by atoms with E-state index in [1.54, 1.807) is 4.90 Å². The summed E-state index contributed by atoms with van der Waals surface area (Å²) in [6.45, 7) is 2.62. The van der Waals surface area contributed by atoms with Crippen LogP contribution in [0.15, 0.2) is 5.38 Å². The van der Waals surface area contributed by atoms with E-state index >= 15 is 0 Å². The molecule has 1 amide bonds. The van der Waals surface area contributed by atoms with Gasteiger partial charge in [-0.15, -0.1) is 11.3 Å². The number of nitrogens with zero attached hydrogens (tertiary/aromatic N) is 2. The highest BCUT2D eigenvalue weighted by Crippen LogP contribution is 2.21. The van der Waals surface area contributed by atoms with Crippen LogP contribution in [-0.2, 0) is 16.1 Å². The molecule has 1 atom stereocenters. The molecule has 0 aromatic carbocycles. The van der Waals surface area contributed by atoms with E-state index in [1.807, 2.05) is 12.3 Å². The molecule has 1 N–H and O–H groups in total. The van der Waals surface area contributed by atoms with Crippen LogP contribution < -0.4 is 0 Å². The number of aromatic nitrogens is 1. The normalized spacial score (nSPS) is 20.4. The predicted octanol–water partition coefficient (Wildman–Crippen LogP) is 0.885. The van der Waals surface area contributed by atoms with Crippen LogP contribution in [0.5, 0.6) is 0 Å². The molecule has 0 saturated carbocycles. The molecule has 2 heterocycles. The summed E-state index contributed by atoms with van der Waals surface area (Å²) in [6, 6.07) is 0. The fourth-order valence-electron chi connectivity index (χ4n) is 1.73. The average molecular weight is 240 g/mol. The van der Waals surface area contributed by atoms with Crippen molar-refractivity contribution in [1.29, 1.82) is 0 Å².